The van der Waals surface area contributed by atoms with Crippen molar-refractivity contribution in [3.05, 3.63) is 11.6 Å². The lowest BCUT2D eigenvalue weighted by molar-refractivity contribution is -0.134. The molecule has 13 heavy (non-hydrogen) atoms. The first-order valence-corrected chi connectivity index (χ1v) is 4.48. The van der Waals surface area contributed by atoms with Gasteiger partial charge in [0.05, 0.1) is 7.11 Å². The Kier molecular flexibility index (Phi) is 2.76. The van der Waals surface area contributed by atoms with Gasteiger partial charge in [0.15, 0.2) is 0 Å². The van der Waals surface area contributed by atoms with Crippen LogP contribution in [0.4, 0.5) is 0 Å². The van der Waals surface area contributed by atoms with Crippen molar-refractivity contribution in [2.75, 3.05) is 20.7 Å². The number of likely N-dealkylation sites (N-methyl/N-ethyl adjacent to an activating group) is 1. The van der Waals surface area contributed by atoms with Gasteiger partial charge in [-0.1, -0.05) is 0 Å². The molecule has 0 spiro atoms. The van der Waals surface area contributed by atoms with Gasteiger partial charge in [-0.05, 0) is 32.9 Å². The molecule has 0 amide bonds. The van der Waals surface area contributed by atoms with Gasteiger partial charge in [0.2, 0.25) is 0 Å². The second-order valence-electron chi connectivity index (χ2n) is 3.92. The summed E-state index contributed by atoms with van der Waals surface area (Å²) in [5, 5.41) is 0. The Labute approximate surface area is 79.4 Å². The molecule has 0 N–H and O–H groups in total. The van der Waals surface area contributed by atoms with Crippen LogP contribution in [0.5, 0.6) is 0 Å². The van der Waals surface area contributed by atoms with Gasteiger partial charge in [0.25, 0.3) is 0 Å². The fraction of sp³-hybridized carbons (Fsp3) is 0.700. The molecule has 1 rings (SSSR count). The predicted octanol–water partition coefficient (Wildman–Crippen LogP) is 1.20. The van der Waals surface area contributed by atoms with E-state index in [1.807, 2.05) is 0 Å². The molecule has 0 aromatic rings. The Morgan fingerprint density at radius 3 is 2.62 bits per heavy atom. The zero-order chi connectivity index (χ0) is 10.1. The van der Waals surface area contributed by atoms with E-state index in [4.69, 9.17) is 0 Å². The molecule has 1 aliphatic rings. The number of methoxy groups -OCH3 is 1. The largest absolute Gasteiger partial charge is 0.466 e. The first-order chi connectivity index (χ1) is 5.98. The van der Waals surface area contributed by atoms with E-state index in [1.54, 1.807) is 6.08 Å². The summed E-state index contributed by atoms with van der Waals surface area (Å²) in [6.07, 6.45) is 2.57. The Morgan fingerprint density at radius 2 is 2.23 bits per heavy atom. The number of carbonyl (C=O) groups excluding carboxylic acids is 1. The molecule has 0 atom stereocenters. The van der Waals surface area contributed by atoms with Gasteiger partial charge in [0.1, 0.15) is 0 Å². The Morgan fingerprint density at radius 1 is 1.62 bits per heavy atom. The van der Waals surface area contributed by atoms with Gasteiger partial charge < -0.3 is 4.74 Å². The molecule has 0 radical (unpaired) electrons. The second kappa shape index (κ2) is 3.50. The normalized spacial score (nSPS) is 25.1. The quantitative estimate of drug-likeness (QED) is 0.452. The molecule has 0 unspecified atom stereocenters. The minimum atomic E-state index is -0.252. The molecule has 0 saturated carbocycles. The topological polar surface area (TPSA) is 29.5 Å². The Bertz CT molecular complexity index is 243. The summed E-state index contributed by atoms with van der Waals surface area (Å²) in [5.74, 6) is -0.252. The monoisotopic (exact) mass is 183 g/mol. The molecule has 1 saturated heterocycles. The van der Waals surface area contributed by atoms with Crippen molar-refractivity contribution in [3.63, 3.8) is 0 Å². The summed E-state index contributed by atoms with van der Waals surface area (Å²) in [5.41, 5.74) is 1.15. The third kappa shape index (κ3) is 1.91. The van der Waals surface area contributed by atoms with Crippen LogP contribution >= 0.6 is 0 Å². The number of rotatable bonds is 1. The van der Waals surface area contributed by atoms with Crippen molar-refractivity contribution in [1.82, 2.24) is 4.90 Å². The average molecular weight is 183 g/mol. The van der Waals surface area contributed by atoms with Crippen LogP contribution in [0, 0.1) is 0 Å². The first kappa shape index (κ1) is 10.3. The summed E-state index contributed by atoms with van der Waals surface area (Å²) in [7, 11) is 3.48. The summed E-state index contributed by atoms with van der Waals surface area (Å²) in [6, 6.07) is 0. The van der Waals surface area contributed by atoms with Crippen LogP contribution in [0.2, 0.25) is 0 Å². The minimum absolute atomic E-state index is 0.00576. The highest BCUT2D eigenvalue weighted by atomic mass is 16.5. The first-order valence-electron chi connectivity index (χ1n) is 4.48. The van der Waals surface area contributed by atoms with Gasteiger partial charge in [0, 0.05) is 18.2 Å². The van der Waals surface area contributed by atoms with E-state index < -0.39 is 0 Å². The second-order valence-corrected chi connectivity index (χ2v) is 3.92. The number of hydrogen-bond acceptors (Lipinski definition) is 3. The molecule has 1 aliphatic heterocycles. The van der Waals surface area contributed by atoms with Crippen LogP contribution < -0.4 is 0 Å². The fourth-order valence-corrected chi connectivity index (χ4v) is 1.57. The predicted molar refractivity (Wildman–Crippen MR) is 51.4 cm³/mol. The summed E-state index contributed by atoms with van der Waals surface area (Å²) < 4.78 is 4.61. The van der Waals surface area contributed by atoms with E-state index in [0.717, 1.165) is 18.5 Å². The van der Waals surface area contributed by atoms with Crippen LogP contribution in [0.3, 0.4) is 0 Å². The van der Waals surface area contributed by atoms with Crippen molar-refractivity contribution >= 4 is 5.97 Å². The minimum Gasteiger partial charge on any atom is -0.466 e. The summed E-state index contributed by atoms with van der Waals surface area (Å²) in [6.45, 7) is 5.25. The molecule has 3 heteroatoms. The zero-order valence-electron chi connectivity index (χ0n) is 8.76. The number of esters is 1. The third-order valence-electron chi connectivity index (χ3n) is 2.95. The van der Waals surface area contributed by atoms with Crippen LogP contribution in [-0.2, 0) is 9.53 Å². The average Bonchev–Trinajstić information content (AvgIpc) is 2.31. The number of carbonyl (C=O) groups is 1. The highest BCUT2D eigenvalue weighted by Crippen LogP contribution is 2.32. The summed E-state index contributed by atoms with van der Waals surface area (Å²) in [4.78, 5) is 13.3. The number of likely N-dealkylation sites (tertiary alicyclic amines) is 1. The standard InChI is InChI=1S/C10H17NO2/c1-10(2)8(5-6-11(10)3)7-9(12)13-4/h7H,5-6H2,1-4H3/b8-7+. The molecule has 1 heterocycles. The van der Waals surface area contributed by atoms with E-state index in [-0.39, 0.29) is 11.5 Å². The third-order valence-corrected chi connectivity index (χ3v) is 2.95. The maximum absolute atomic E-state index is 11.0. The van der Waals surface area contributed by atoms with Gasteiger partial charge in [-0.3, -0.25) is 4.90 Å². The molecule has 0 aromatic carbocycles. The molecular formula is C10H17NO2. The molecule has 1 fully saturated rings. The van der Waals surface area contributed by atoms with Crippen molar-refractivity contribution < 1.29 is 9.53 Å². The Hall–Kier alpha value is -0.830. The van der Waals surface area contributed by atoms with Gasteiger partial charge in [-0.25, -0.2) is 4.79 Å². The van der Waals surface area contributed by atoms with Crippen molar-refractivity contribution in [1.29, 1.82) is 0 Å². The smallest absolute Gasteiger partial charge is 0.330 e. The van der Waals surface area contributed by atoms with Crippen molar-refractivity contribution in [2.45, 2.75) is 25.8 Å². The molecule has 0 bridgehead atoms. The van der Waals surface area contributed by atoms with Gasteiger partial charge in [-0.15, -0.1) is 0 Å². The maximum atomic E-state index is 11.0. The number of ether oxygens (including phenoxy) is 1. The molecule has 0 aromatic heterocycles. The van der Waals surface area contributed by atoms with Gasteiger partial charge in [-0.2, -0.15) is 0 Å². The lowest BCUT2D eigenvalue weighted by atomic mass is 9.95. The van der Waals surface area contributed by atoms with Crippen molar-refractivity contribution in [2.24, 2.45) is 0 Å². The van der Waals surface area contributed by atoms with E-state index >= 15 is 0 Å². The lowest BCUT2D eigenvalue weighted by Gasteiger charge is -2.28. The fourth-order valence-electron chi connectivity index (χ4n) is 1.57. The number of hydrogen-bond donors (Lipinski definition) is 0. The number of nitrogens with zero attached hydrogens (tertiary/aromatic N) is 1. The lowest BCUT2D eigenvalue weighted by Crippen LogP contribution is -2.36. The van der Waals surface area contributed by atoms with Crippen LogP contribution in [0.1, 0.15) is 20.3 Å². The van der Waals surface area contributed by atoms with Crippen molar-refractivity contribution in [3.8, 4) is 0 Å². The van der Waals surface area contributed by atoms with E-state index in [2.05, 4.69) is 30.5 Å². The van der Waals surface area contributed by atoms with Crippen LogP contribution in [0.25, 0.3) is 0 Å². The van der Waals surface area contributed by atoms with Crippen LogP contribution in [-0.4, -0.2) is 37.1 Å². The maximum Gasteiger partial charge on any atom is 0.330 e. The van der Waals surface area contributed by atoms with E-state index in [1.165, 1.54) is 7.11 Å². The van der Waals surface area contributed by atoms with E-state index in [9.17, 15) is 4.79 Å². The van der Waals surface area contributed by atoms with E-state index in [0.29, 0.717) is 0 Å². The highest BCUT2D eigenvalue weighted by Gasteiger charge is 2.34. The molecular weight excluding hydrogens is 166 g/mol. The molecule has 74 valence electrons. The zero-order valence-corrected chi connectivity index (χ0v) is 8.76. The SMILES string of the molecule is COC(=O)/C=C1\CCN(C)C1(C)C. The Balaban J connectivity index is 2.83. The van der Waals surface area contributed by atoms with Gasteiger partial charge >= 0.3 is 5.97 Å². The summed E-state index contributed by atoms with van der Waals surface area (Å²) >= 11 is 0. The van der Waals surface area contributed by atoms with Crippen LogP contribution in [0.15, 0.2) is 11.6 Å². The molecule has 3 nitrogen and oxygen atoms in total. The molecule has 0 aliphatic carbocycles. The highest BCUT2D eigenvalue weighted by molar-refractivity contribution is 5.83.